The fourth-order valence-electron chi connectivity index (χ4n) is 3.73. The van der Waals surface area contributed by atoms with E-state index in [0.29, 0.717) is 19.1 Å². The van der Waals surface area contributed by atoms with E-state index in [9.17, 15) is 13.6 Å². The maximum atomic E-state index is 13.9. The zero-order chi connectivity index (χ0) is 16.2. The average molecular weight is 322 g/mol. The van der Waals surface area contributed by atoms with Crippen molar-refractivity contribution in [1.82, 2.24) is 9.80 Å². The second-order valence-corrected chi connectivity index (χ2v) is 6.62. The van der Waals surface area contributed by atoms with Gasteiger partial charge in [0, 0.05) is 19.1 Å². The van der Waals surface area contributed by atoms with Crippen LogP contribution in [-0.4, -0.2) is 47.9 Å². The minimum atomic E-state index is -0.645. The topological polar surface area (TPSA) is 23.6 Å². The molecule has 0 radical (unpaired) electrons. The second-order valence-electron chi connectivity index (χ2n) is 6.62. The first-order chi connectivity index (χ1) is 11.1. The van der Waals surface area contributed by atoms with Crippen molar-refractivity contribution in [2.45, 2.75) is 44.6 Å². The summed E-state index contributed by atoms with van der Waals surface area (Å²) in [4.78, 5) is 16.7. The average Bonchev–Trinajstić information content (AvgIpc) is 2.86. The smallest absolute Gasteiger partial charge is 0.256 e. The van der Waals surface area contributed by atoms with E-state index in [1.54, 1.807) is 4.90 Å². The summed E-state index contributed by atoms with van der Waals surface area (Å²) >= 11 is 0. The van der Waals surface area contributed by atoms with Gasteiger partial charge in [-0.25, -0.2) is 8.78 Å². The lowest BCUT2D eigenvalue weighted by atomic mass is 10.0. The third-order valence-corrected chi connectivity index (χ3v) is 5.00. The van der Waals surface area contributed by atoms with Crippen molar-refractivity contribution in [2.75, 3.05) is 26.2 Å². The molecule has 5 heteroatoms. The largest absolute Gasteiger partial charge is 0.337 e. The van der Waals surface area contributed by atoms with Crippen LogP contribution in [0.3, 0.4) is 0 Å². The van der Waals surface area contributed by atoms with Gasteiger partial charge in [-0.3, -0.25) is 9.69 Å². The molecule has 0 saturated carbocycles. The molecule has 0 spiro atoms. The molecule has 23 heavy (non-hydrogen) atoms. The zero-order valence-electron chi connectivity index (χ0n) is 13.4. The lowest BCUT2D eigenvalue weighted by molar-refractivity contribution is 0.0574. The van der Waals surface area contributed by atoms with E-state index in [4.69, 9.17) is 0 Å². The molecule has 0 bridgehead atoms. The van der Waals surface area contributed by atoms with Gasteiger partial charge in [0.05, 0.1) is 5.56 Å². The molecule has 1 aromatic carbocycles. The molecular formula is C18H24F2N2O. The number of halogens is 2. The molecular weight excluding hydrogens is 298 g/mol. The molecule has 0 aliphatic carbocycles. The molecule has 0 aromatic heterocycles. The molecule has 2 aliphatic heterocycles. The van der Waals surface area contributed by atoms with Crippen molar-refractivity contribution in [3.63, 3.8) is 0 Å². The highest BCUT2D eigenvalue weighted by molar-refractivity contribution is 5.94. The SMILES string of the molecule is O=C(c1cc(F)ccc1F)N1CCCC(N2CCCCCC2)C1. The quantitative estimate of drug-likeness (QED) is 0.833. The Kier molecular flexibility index (Phi) is 5.26. The van der Waals surface area contributed by atoms with E-state index in [1.165, 1.54) is 25.7 Å². The highest BCUT2D eigenvalue weighted by Gasteiger charge is 2.29. The van der Waals surface area contributed by atoms with Crippen molar-refractivity contribution in [1.29, 1.82) is 0 Å². The van der Waals surface area contributed by atoms with Gasteiger partial charge in [-0.05, 0) is 57.0 Å². The van der Waals surface area contributed by atoms with Gasteiger partial charge in [-0.1, -0.05) is 12.8 Å². The monoisotopic (exact) mass is 322 g/mol. The minimum Gasteiger partial charge on any atom is -0.337 e. The van der Waals surface area contributed by atoms with Gasteiger partial charge in [0.25, 0.3) is 5.91 Å². The molecule has 1 unspecified atom stereocenters. The molecule has 1 amide bonds. The van der Waals surface area contributed by atoms with Gasteiger partial charge in [-0.2, -0.15) is 0 Å². The first kappa shape index (κ1) is 16.4. The fraction of sp³-hybridized carbons (Fsp3) is 0.611. The first-order valence-corrected chi connectivity index (χ1v) is 8.63. The summed E-state index contributed by atoms with van der Waals surface area (Å²) < 4.78 is 27.2. The van der Waals surface area contributed by atoms with Crippen molar-refractivity contribution in [2.24, 2.45) is 0 Å². The number of hydrogen-bond acceptors (Lipinski definition) is 2. The molecule has 1 atom stereocenters. The van der Waals surface area contributed by atoms with E-state index < -0.39 is 11.6 Å². The summed E-state index contributed by atoms with van der Waals surface area (Å²) in [6.45, 7) is 3.41. The van der Waals surface area contributed by atoms with Crippen LogP contribution in [-0.2, 0) is 0 Å². The van der Waals surface area contributed by atoms with Crippen LogP contribution < -0.4 is 0 Å². The van der Waals surface area contributed by atoms with Gasteiger partial charge in [0.2, 0.25) is 0 Å². The minimum absolute atomic E-state index is 0.151. The number of piperidine rings is 1. The summed E-state index contributed by atoms with van der Waals surface area (Å²) in [7, 11) is 0. The Morgan fingerprint density at radius 2 is 1.74 bits per heavy atom. The normalized spacial score (nSPS) is 23.6. The number of carbonyl (C=O) groups excluding carboxylic acids is 1. The van der Waals surface area contributed by atoms with Gasteiger partial charge in [0.15, 0.2) is 0 Å². The van der Waals surface area contributed by atoms with Crippen LogP contribution in [0, 0.1) is 11.6 Å². The number of hydrogen-bond donors (Lipinski definition) is 0. The van der Waals surface area contributed by atoms with E-state index >= 15 is 0 Å². The molecule has 0 N–H and O–H groups in total. The summed E-state index contributed by atoms with van der Waals surface area (Å²) in [6, 6.07) is 3.43. The van der Waals surface area contributed by atoms with Crippen LogP contribution in [0.1, 0.15) is 48.9 Å². The molecule has 3 nitrogen and oxygen atoms in total. The van der Waals surface area contributed by atoms with Crippen molar-refractivity contribution in [3.05, 3.63) is 35.4 Å². The molecule has 2 saturated heterocycles. The van der Waals surface area contributed by atoms with Crippen LogP contribution in [0.5, 0.6) is 0 Å². The Morgan fingerprint density at radius 3 is 2.48 bits per heavy atom. The third-order valence-electron chi connectivity index (χ3n) is 5.00. The van der Waals surface area contributed by atoms with E-state index in [-0.39, 0.29) is 11.5 Å². The van der Waals surface area contributed by atoms with E-state index in [2.05, 4.69) is 4.90 Å². The molecule has 2 heterocycles. The lowest BCUT2D eigenvalue weighted by Gasteiger charge is -2.39. The summed E-state index contributed by atoms with van der Waals surface area (Å²) in [5.74, 6) is -1.61. The van der Waals surface area contributed by atoms with E-state index in [1.807, 2.05) is 0 Å². The maximum absolute atomic E-state index is 13.9. The standard InChI is InChI=1S/C18H24F2N2O/c19-14-7-8-17(20)16(12-14)18(23)22-11-5-6-15(13-22)21-9-3-1-2-4-10-21/h7-8,12,15H,1-6,9-11,13H2. The van der Waals surface area contributed by atoms with Crippen LogP contribution in [0.25, 0.3) is 0 Å². The van der Waals surface area contributed by atoms with Gasteiger partial charge < -0.3 is 4.90 Å². The van der Waals surface area contributed by atoms with E-state index in [0.717, 1.165) is 44.1 Å². The predicted octanol–water partition coefficient (Wildman–Crippen LogP) is 3.45. The Hall–Kier alpha value is -1.49. The number of benzene rings is 1. The van der Waals surface area contributed by atoms with Gasteiger partial charge in [-0.15, -0.1) is 0 Å². The van der Waals surface area contributed by atoms with Crippen LogP contribution in [0.4, 0.5) is 8.78 Å². The maximum Gasteiger partial charge on any atom is 0.256 e. The van der Waals surface area contributed by atoms with Crippen LogP contribution >= 0.6 is 0 Å². The summed E-state index contributed by atoms with van der Waals surface area (Å²) in [5, 5.41) is 0. The summed E-state index contributed by atoms with van der Waals surface area (Å²) in [5.41, 5.74) is -0.151. The second kappa shape index (κ2) is 7.39. The summed E-state index contributed by atoms with van der Waals surface area (Å²) in [6.07, 6.45) is 6.98. The Bertz CT molecular complexity index is 556. The third kappa shape index (κ3) is 3.89. The van der Waals surface area contributed by atoms with Crippen LogP contribution in [0.2, 0.25) is 0 Å². The number of nitrogens with zero attached hydrogens (tertiary/aromatic N) is 2. The first-order valence-electron chi connectivity index (χ1n) is 8.63. The molecule has 126 valence electrons. The van der Waals surface area contributed by atoms with Crippen molar-refractivity contribution >= 4 is 5.91 Å². The number of amides is 1. The molecule has 2 aliphatic rings. The predicted molar refractivity (Wildman–Crippen MR) is 85.3 cm³/mol. The van der Waals surface area contributed by atoms with Gasteiger partial charge in [0.1, 0.15) is 11.6 Å². The number of rotatable bonds is 2. The zero-order valence-corrected chi connectivity index (χ0v) is 13.4. The molecule has 2 fully saturated rings. The molecule has 1 aromatic rings. The number of likely N-dealkylation sites (tertiary alicyclic amines) is 2. The van der Waals surface area contributed by atoms with Crippen molar-refractivity contribution < 1.29 is 13.6 Å². The Balaban J connectivity index is 1.70. The lowest BCUT2D eigenvalue weighted by Crippen LogP contribution is -2.50. The number of carbonyl (C=O) groups is 1. The van der Waals surface area contributed by atoms with Crippen molar-refractivity contribution in [3.8, 4) is 0 Å². The fourth-order valence-corrected chi connectivity index (χ4v) is 3.73. The molecule has 3 rings (SSSR count). The highest BCUT2D eigenvalue weighted by Crippen LogP contribution is 2.22. The van der Waals surface area contributed by atoms with Crippen LogP contribution in [0.15, 0.2) is 18.2 Å². The Morgan fingerprint density at radius 1 is 1.00 bits per heavy atom. The van der Waals surface area contributed by atoms with Gasteiger partial charge >= 0.3 is 0 Å². The highest BCUT2D eigenvalue weighted by atomic mass is 19.1. The Labute approximate surface area is 136 Å².